The van der Waals surface area contributed by atoms with Crippen molar-refractivity contribution in [2.45, 2.75) is 18.2 Å². The van der Waals surface area contributed by atoms with Gasteiger partial charge in [-0.25, -0.2) is 0 Å². The molecule has 0 saturated carbocycles. The summed E-state index contributed by atoms with van der Waals surface area (Å²) in [6.45, 7) is 2.11. The summed E-state index contributed by atoms with van der Waals surface area (Å²) in [5.74, 6) is 0. The van der Waals surface area contributed by atoms with Crippen molar-refractivity contribution in [3.8, 4) is 0 Å². The van der Waals surface area contributed by atoms with Gasteiger partial charge in [-0.1, -0.05) is 22.9 Å². The highest BCUT2D eigenvalue weighted by molar-refractivity contribution is 9.10. The molecule has 0 saturated heterocycles. The van der Waals surface area contributed by atoms with Crippen LogP contribution in [-0.2, 0) is 6.42 Å². The number of alkyl halides is 1. The first kappa shape index (κ1) is 8.34. The highest BCUT2D eigenvalue weighted by atomic mass is 79.9. The molecule has 1 atom stereocenters. The quantitative estimate of drug-likeness (QED) is 0.749. The first-order valence-electron chi connectivity index (χ1n) is 3.05. The van der Waals surface area contributed by atoms with Crippen molar-refractivity contribution in [2.75, 3.05) is 0 Å². The van der Waals surface area contributed by atoms with Gasteiger partial charge in [0.05, 0.1) is 10.7 Å². The van der Waals surface area contributed by atoms with Crippen LogP contribution < -0.4 is 0 Å². The molecule has 0 aliphatic carbocycles. The largest absolute Gasteiger partial charge is 0.471 e. The van der Waals surface area contributed by atoms with E-state index in [1.807, 2.05) is 0 Å². The van der Waals surface area contributed by atoms with Crippen LogP contribution in [0.15, 0.2) is 21.4 Å². The molecule has 1 nitrogen and oxygen atoms in total. The summed E-state index contributed by atoms with van der Waals surface area (Å²) in [4.78, 5) is 0.501. The highest BCUT2D eigenvalue weighted by Crippen LogP contribution is 2.20. The molecular formula is C7H8Br2O. The van der Waals surface area contributed by atoms with Gasteiger partial charge in [-0.2, -0.15) is 0 Å². The van der Waals surface area contributed by atoms with Gasteiger partial charge in [-0.3, -0.25) is 0 Å². The standard InChI is InChI=1S/C7H8Br2O/c1-5(8)2-6-3-10-4-7(6)9/h3-5H,2H2,1H3. The van der Waals surface area contributed by atoms with Crippen LogP contribution in [0.3, 0.4) is 0 Å². The highest BCUT2D eigenvalue weighted by Gasteiger charge is 2.04. The number of furan rings is 1. The first-order chi connectivity index (χ1) is 4.70. The summed E-state index contributed by atoms with van der Waals surface area (Å²) in [7, 11) is 0. The molecule has 1 unspecified atom stereocenters. The van der Waals surface area contributed by atoms with Gasteiger partial charge in [-0.05, 0) is 22.4 Å². The Labute approximate surface area is 77.1 Å². The number of rotatable bonds is 2. The fourth-order valence-corrected chi connectivity index (χ4v) is 1.47. The molecule has 0 N–H and O–H groups in total. The van der Waals surface area contributed by atoms with Gasteiger partial charge >= 0.3 is 0 Å². The Balaban J connectivity index is 2.65. The average Bonchev–Trinajstić information content (AvgIpc) is 2.15. The monoisotopic (exact) mass is 266 g/mol. The fraction of sp³-hybridized carbons (Fsp3) is 0.429. The normalized spacial score (nSPS) is 13.5. The summed E-state index contributed by atoms with van der Waals surface area (Å²) < 4.78 is 6.03. The van der Waals surface area contributed by atoms with Crippen molar-refractivity contribution in [2.24, 2.45) is 0 Å². The van der Waals surface area contributed by atoms with Crippen molar-refractivity contribution in [3.05, 3.63) is 22.6 Å². The number of hydrogen-bond donors (Lipinski definition) is 0. The third kappa shape index (κ3) is 2.13. The molecule has 10 heavy (non-hydrogen) atoms. The molecule has 0 fully saturated rings. The molecule has 1 aromatic heterocycles. The Bertz CT molecular complexity index is 205. The second kappa shape index (κ2) is 3.58. The molecule has 0 amide bonds. The zero-order chi connectivity index (χ0) is 7.56. The lowest BCUT2D eigenvalue weighted by Crippen LogP contribution is -1.94. The molecule has 1 aromatic rings. The van der Waals surface area contributed by atoms with Crippen LogP contribution in [-0.4, -0.2) is 4.83 Å². The Hall–Kier alpha value is 0.240. The fourth-order valence-electron chi connectivity index (χ4n) is 0.757. The van der Waals surface area contributed by atoms with Gasteiger partial charge < -0.3 is 4.42 Å². The average molecular weight is 268 g/mol. The van der Waals surface area contributed by atoms with Crippen molar-refractivity contribution in [3.63, 3.8) is 0 Å². The summed E-state index contributed by atoms with van der Waals surface area (Å²) in [6, 6.07) is 0. The minimum atomic E-state index is 0.501. The molecule has 0 radical (unpaired) electrons. The molecule has 56 valence electrons. The molecule has 1 rings (SSSR count). The summed E-state index contributed by atoms with van der Waals surface area (Å²) in [5, 5.41) is 0. The predicted octanol–water partition coefficient (Wildman–Crippen LogP) is 3.37. The molecule has 0 aliphatic rings. The van der Waals surface area contributed by atoms with Crippen LogP contribution in [0.1, 0.15) is 12.5 Å². The van der Waals surface area contributed by atoms with E-state index in [0.717, 1.165) is 10.9 Å². The zero-order valence-corrected chi connectivity index (χ0v) is 8.78. The van der Waals surface area contributed by atoms with Crippen molar-refractivity contribution >= 4 is 31.9 Å². The van der Waals surface area contributed by atoms with E-state index in [1.54, 1.807) is 12.5 Å². The molecule has 3 heteroatoms. The van der Waals surface area contributed by atoms with Gasteiger partial charge in [0.2, 0.25) is 0 Å². The van der Waals surface area contributed by atoms with Crippen LogP contribution in [0.2, 0.25) is 0 Å². The molecule has 0 aliphatic heterocycles. The second-order valence-electron chi connectivity index (χ2n) is 2.23. The van der Waals surface area contributed by atoms with Crippen molar-refractivity contribution < 1.29 is 4.42 Å². The van der Waals surface area contributed by atoms with Gasteiger partial charge in [0.15, 0.2) is 0 Å². The summed E-state index contributed by atoms with van der Waals surface area (Å²) in [5.41, 5.74) is 1.21. The second-order valence-corrected chi connectivity index (χ2v) is 4.65. The van der Waals surface area contributed by atoms with Gasteiger partial charge in [-0.15, -0.1) is 0 Å². The van der Waals surface area contributed by atoms with Crippen LogP contribution in [0, 0.1) is 0 Å². The topological polar surface area (TPSA) is 13.1 Å². The van der Waals surface area contributed by atoms with Crippen molar-refractivity contribution in [1.29, 1.82) is 0 Å². The van der Waals surface area contributed by atoms with E-state index in [4.69, 9.17) is 4.42 Å². The van der Waals surface area contributed by atoms with Crippen LogP contribution in [0.5, 0.6) is 0 Å². The Morgan fingerprint density at radius 3 is 2.70 bits per heavy atom. The molecule has 0 spiro atoms. The third-order valence-corrected chi connectivity index (χ3v) is 2.21. The molecule has 0 aromatic carbocycles. The maximum atomic E-state index is 4.98. The van der Waals surface area contributed by atoms with E-state index in [2.05, 4.69) is 38.8 Å². The smallest absolute Gasteiger partial charge is 0.105 e. The molecule has 1 heterocycles. The van der Waals surface area contributed by atoms with E-state index in [9.17, 15) is 0 Å². The maximum Gasteiger partial charge on any atom is 0.105 e. The Morgan fingerprint density at radius 2 is 2.30 bits per heavy atom. The SMILES string of the molecule is CC(Br)Cc1cocc1Br. The minimum absolute atomic E-state index is 0.501. The van der Waals surface area contributed by atoms with Gasteiger partial charge in [0, 0.05) is 10.4 Å². The summed E-state index contributed by atoms with van der Waals surface area (Å²) >= 11 is 6.85. The van der Waals surface area contributed by atoms with Crippen LogP contribution in [0.4, 0.5) is 0 Å². The zero-order valence-electron chi connectivity index (χ0n) is 5.60. The first-order valence-corrected chi connectivity index (χ1v) is 4.75. The Morgan fingerprint density at radius 1 is 1.60 bits per heavy atom. The molecule has 0 bridgehead atoms. The van der Waals surface area contributed by atoms with E-state index < -0.39 is 0 Å². The van der Waals surface area contributed by atoms with Crippen molar-refractivity contribution in [1.82, 2.24) is 0 Å². The number of hydrogen-bond acceptors (Lipinski definition) is 1. The molecular weight excluding hydrogens is 260 g/mol. The number of halogens is 2. The van der Waals surface area contributed by atoms with Gasteiger partial charge in [0.1, 0.15) is 6.26 Å². The third-order valence-electron chi connectivity index (χ3n) is 1.19. The van der Waals surface area contributed by atoms with E-state index >= 15 is 0 Å². The van der Waals surface area contributed by atoms with E-state index in [1.165, 1.54) is 5.56 Å². The Kier molecular flexibility index (Phi) is 2.98. The minimum Gasteiger partial charge on any atom is -0.471 e. The van der Waals surface area contributed by atoms with Crippen LogP contribution in [0.25, 0.3) is 0 Å². The maximum absolute atomic E-state index is 4.98. The summed E-state index contributed by atoms with van der Waals surface area (Å²) in [6.07, 6.45) is 4.46. The lowest BCUT2D eigenvalue weighted by atomic mass is 10.2. The van der Waals surface area contributed by atoms with Gasteiger partial charge in [0.25, 0.3) is 0 Å². The lowest BCUT2D eigenvalue weighted by molar-refractivity contribution is 0.562. The van der Waals surface area contributed by atoms with E-state index in [0.29, 0.717) is 4.83 Å². The van der Waals surface area contributed by atoms with Crippen LogP contribution >= 0.6 is 31.9 Å². The lowest BCUT2D eigenvalue weighted by Gasteiger charge is -1.98. The van der Waals surface area contributed by atoms with E-state index in [-0.39, 0.29) is 0 Å². The predicted molar refractivity (Wildman–Crippen MR) is 48.5 cm³/mol.